The van der Waals surface area contributed by atoms with E-state index in [2.05, 4.69) is 10.6 Å². The van der Waals surface area contributed by atoms with Crippen LogP contribution in [0.3, 0.4) is 0 Å². The van der Waals surface area contributed by atoms with Crippen LogP contribution in [0, 0.1) is 11.3 Å². The number of carbonyl (C=O) groups excluding carboxylic acids is 1. The van der Waals surface area contributed by atoms with Crippen molar-refractivity contribution in [2.75, 3.05) is 6.54 Å². The van der Waals surface area contributed by atoms with Gasteiger partial charge in [-0.3, -0.25) is 4.79 Å². The molecule has 1 aromatic carbocycles. The summed E-state index contributed by atoms with van der Waals surface area (Å²) in [5.74, 6) is -0.418. The molecule has 0 saturated heterocycles. The predicted molar refractivity (Wildman–Crippen MR) is 70.7 cm³/mol. The minimum absolute atomic E-state index is 0.0453. The topological polar surface area (TPSA) is 64.9 Å². The van der Waals surface area contributed by atoms with Crippen LogP contribution >= 0.6 is 11.6 Å². The van der Waals surface area contributed by atoms with Crippen molar-refractivity contribution >= 4 is 17.5 Å². The Bertz CT molecular complexity index is 491. The third-order valence-corrected chi connectivity index (χ3v) is 2.58. The Morgan fingerprint density at radius 1 is 1.50 bits per heavy atom. The second kappa shape index (κ2) is 7.36. The molecule has 0 fully saturated rings. The van der Waals surface area contributed by atoms with E-state index in [0.29, 0.717) is 18.1 Å². The second-order valence-corrected chi connectivity index (χ2v) is 3.91. The fourth-order valence-electron chi connectivity index (χ4n) is 1.27. The molecule has 0 aliphatic rings. The highest BCUT2D eigenvalue weighted by molar-refractivity contribution is 6.31. The van der Waals surface area contributed by atoms with Crippen LogP contribution in [-0.4, -0.2) is 12.5 Å². The number of nitrogens with one attached hydrogen (secondary N) is 2. The lowest BCUT2D eigenvalue weighted by molar-refractivity contribution is -0.117. The predicted octanol–water partition coefficient (Wildman–Crippen LogP) is 1.97. The van der Waals surface area contributed by atoms with E-state index in [1.165, 1.54) is 6.20 Å². The number of nitrogens with zero attached hydrogens (tertiary/aromatic N) is 1. The van der Waals surface area contributed by atoms with Crippen molar-refractivity contribution in [3.8, 4) is 6.07 Å². The Labute approximate surface area is 111 Å². The molecular formula is C13H14ClN3O. The summed E-state index contributed by atoms with van der Waals surface area (Å²) < 4.78 is 0. The first-order valence-corrected chi connectivity index (χ1v) is 5.92. The summed E-state index contributed by atoms with van der Waals surface area (Å²) >= 11 is 5.96. The average molecular weight is 264 g/mol. The maximum Gasteiger partial charge on any atom is 0.263 e. The Morgan fingerprint density at radius 3 is 2.83 bits per heavy atom. The minimum atomic E-state index is -0.418. The van der Waals surface area contributed by atoms with E-state index in [0.717, 1.165) is 5.56 Å². The van der Waals surface area contributed by atoms with Crippen molar-refractivity contribution in [3.63, 3.8) is 0 Å². The van der Waals surface area contributed by atoms with Gasteiger partial charge in [-0.2, -0.15) is 5.26 Å². The normalized spacial score (nSPS) is 10.6. The second-order valence-electron chi connectivity index (χ2n) is 3.50. The van der Waals surface area contributed by atoms with Gasteiger partial charge in [0.1, 0.15) is 11.6 Å². The van der Waals surface area contributed by atoms with Crippen LogP contribution in [0.4, 0.5) is 0 Å². The first-order chi connectivity index (χ1) is 8.69. The lowest BCUT2D eigenvalue weighted by Gasteiger charge is -2.06. The van der Waals surface area contributed by atoms with E-state index in [9.17, 15) is 4.79 Å². The van der Waals surface area contributed by atoms with Gasteiger partial charge in [-0.15, -0.1) is 0 Å². The van der Waals surface area contributed by atoms with E-state index in [4.69, 9.17) is 16.9 Å². The number of amides is 1. The Morgan fingerprint density at radius 2 is 2.22 bits per heavy atom. The molecule has 18 heavy (non-hydrogen) atoms. The highest BCUT2D eigenvalue weighted by atomic mass is 35.5. The number of hydrogen-bond donors (Lipinski definition) is 2. The van der Waals surface area contributed by atoms with Gasteiger partial charge in [0.2, 0.25) is 0 Å². The van der Waals surface area contributed by atoms with Crippen molar-refractivity contribution in [1.82, 2.24) is 10.6 Å². The SMILES string of the molecule is CCN/C=C(/C#N)C(=O)NCc1ccccc1Cl. The van der Waals surface area contributed by atoms with Gasteiger partial charge in [-0.25, -0.2) is 0 Å². The zero-order valence-corrected chi connectivity index (χ0v) is 10.8. The molecule has 4 nitrogen and oxygen atoms in total. The van der Waals surface area contributed by atoms with Gasteiger partial charge >= 0.3 is 0 Å². The first kappa shape index (κ1) is 14.1. The maximum absolute atomic E-state index is 11.7. The molecule has 0 radical (unpaired) electrons. The van der Waals surface area contributed by atoms with E-state index < -0.39 is 5.91 Å². The van der Waals surface area contributed by atoms with Crippen molar-refractivity contribution in [1.29, 1.82) is 5.26 Å². The van der Waals surface area contributed by atoms with Crippen molar-refractivity contribution < 1.29 is 4.79 Å². The van der Waals surface area contributed by atoms with Crippen molar-refractivity contribution in [2.24, 2.45) is 0 Å². The van der Waals surface area contributed by atoms with Gasteiger partial charge in [0, 0.05) is 24.3 Å². The summed E-state index contributed by atoms with van der Waals surface area (Å²) in [5.41, 5.74) is 0.858. The summed E-state index contributed by atoms with van der Waals surface area (Å²) in [5, 5.41) is 14.9. The number of carbonyl (C=O) groups is 1. The molecule has 0 bridgehead atoms. The molecule has 1 aromatic rings. The molecule has 0 atom stereocenters. The number of nitriles is 1. The van der Waals surface area contributed by atoms with Crippen LogP contribution in [0.5, 0.6) is 0 Å². The summed E-state index contributed by atoms with van der Waals surface area (Å²) in [7, 11) is 0. The highest BCUT2D eigenvalue weighted by Gasteiger charge is 2.08. The van der Waals surface area contributed by atoms with Crippen LogP contribution in [-0.2, 0) is 11.3 Å². The van der Waals surface area contributed by atoms with Crippen molar-refractivity contribution in [2.45, 2.75) is 13.5 Å². The average Bonchev–Trinajstić information content (AvgIpc) is 2.38. The summed E-state index contributed by atoms with van der Waals surface area (Å²) in [6.45, 7) is 2.83. The molecule has 5 heteroatoms. The smallest absolute Gasteiger partial charge is 0.263 e. The third kappa shape index (κ3) is 4.11. The van der Waals surface area contributed by atoms with Gasteiger partial charge in [-0.1, -0.05) is 29.8 Å². The molecule has 0 heterocycles. The van der Waals surface area contributed by atoms with Crippen LogP contribution in [0.2, 0.25) is 5.02 Å². The van der Waals surface area contributed by atoms with Crippen LogP contribution in [0.25, 0.3) is 0 Å². The van der Waals surface area contributed by atoms with E-state index >= 15 is 0 Å². The van der Waals surface area contributed by atoms with Gasteiger partial charge in [0.15, 0.2) is 0 Å². The molecule has 0 spiro atoms. The summed E-state index contributed by atoms with van der Waals surface area (Å²) in [6, 6.07) is 9.08. The van der Waals surface area contributed by atoms with Crippen LogP contribution < -0.4 is 10.6 Å². The molecule has 0 aliphatic carbocycles. The van der Waals surface area contributed by atoms with E-state index in [1.54, 1.807) is 6.07 Å². The quantitative estimate of drug-likeness (QED) is 0.631. The molecular weight excluding hydrogens is 250 g/mol. The van der Waals surface area contributed by atoms with Gasteiger partial charge in [0.25, 0.3) is 5.91 Å². The summed E-state index contributed by atoms with van der Waals surface area (Å²) in [6.07, 6.45) is 1.40. The third-order valence-electron chi connectivity index (χ3n) is 2.21. The van der Waals surface area contributed by atoms with E-state index in [1.807, 2.05) is 31.2 Å². The molecule has 2 N–H and O–H groups in total. The molecule has 1 amide bonds. The highest BCUT2D eigenvalue weighted by Crippen LogP contribution is 2.14. The Kier molecular flexibility index (Phi) is 5.75. The molecule has 1 rings (SSSR count). The van der Waals surface area contributed by atoms with Crippen LogP contribution in [0.1, 0.15) is 12.5 Å². The van der Waals surface area contributed by atoms with Gasteiger partial charge < -0.3 is 10.6 Å². The molecule has 0 aromatic heterocycles. The minimum Gasteiger partial charge on any atom is -0.390 e. The fourth-order valence-corrected chi connectivity index (χ4v) is 1.47. The Hall–Kier alpha value is -1.99. The standard InChI is InChI=1S/C13H14ClN3O/c1-2-16-8-11(7-15)13(18)17-9-10-5-3-4-6-12(10)14/h3-6,8,16H,2,9H2,1H3,(H,17,18)/b11-8-. The fraction of sp³-hybridized carbons (Fsp3) is 0.231. The van der Waals surface area contributed by atoms with E-state index in [-0.39, 0.29) is 5.57 Å². The molecule has 0 aliphatic heterocycles. The molecule has 94 valence electrons. The van der Waals surface area contributed by atoms with Gasteiger partial charge in [0.05, 0.1) is 0 Å². The summed E-state index contributed by atoms with van der Waals surface area (Å²) in [4.78, 5) is 11.7. The first-order valence-electron chi connectivity index (χ1n) is 5.54. The number of hydrogen-bond acceptors (Lipinski definition) is 3. The zero-order valence-electron chi connectivity index (χ0n) is 10.0. The lowest BCUT2D eigenvalue weighted by atomic mass is 10.2. The van der Waals surface area contributed by atoms with Crippen LogP contribution in [0.15, 0.2) is 36.0 Å². The Balaban J connectivity index is 2.61. The maximum atomic E-state index is 11.7. The largest absolute Gasteiger partial charge is 0.390 e. The number of benzene rings is 1. The van der Waals surface area contributed by atoms with Crippen molar-refractivity contribution in [3.05, 3.63) is 46.6 Å². The number of halogens is 1. The molecule has 0 saturated carbocycles. The van der Waals surface area contributed by atoms with Gasteiger partial charge in [-0.05, 0) is 18.6 Å². The molecule has 0 unspecified atom stereocenters. The number of rotatable bonds is 5. The monoisotopic (exact) mass is 263 g/mol. The zero-order chi connectivity index (χ0) is 13.4. The lowest BCUT2D eigenvalue weighted by Crippen LogP contribution is -2.25.